The molecule has 1 aliphatic rings. The molecule has 1 heterocycles. The molecular formula is C28H24FNO. The summed E-state index contributed by atoms with van der Waals surface area (Å²) < 4.78 is 13.5. The summed E-state index contributed by atoms with van der Waals surface area (Å²) >= 11 is 0. The number of benzene rings is 3. The van der Waals surface area contributed by atoms with E-state index in [9.17, 15) is 9.18 Å². The normalized spacial score (nSPS) is 13.9. The van der Waals surface area contributed by atoms with Crippen LogP contribution >= 0.6 is 0 Å². The maximum Gasteiger partial charge on any atom is 0.253 e. The Kier molecular flexibility index (Phi) is 6.29. The first-order valence-corrected chi connectivity index (χ1v) is 10.5. The Morgan fingerprint density at radius 3 is 2.35 bits per heavy atom. The first-order valence-electron chi connectivity index (χ1n) is 10.5. The van der Waals surface area contributed by atoms with E-state index in [4.69, 9.17) is 0 Å². The smallest absolute Gasteiger partial charge is 0.253 e. The average Bonchev–Trinajstić information content (AvgIpc) is 3.00. The first kappa shape index (κ1) is 20.6. The monoisotopic (exact) mass is 409 g/mol. The van der Waals surface area contributed by atoms with Gasteiger partial charge in [0, 0.05) is 29.8 Å². The molecule has 0 bridgehead atoms. The molecule has 1 amide bonds. The molecule has 0 spiro atoms. The van der Waals surface area contributed by atoms with Crippen LogP contribution in [-0.2, 0) is 0 Å². The van der Waals surface area contributed by atoms with Gasteiger partial charge < -0.3 is 4.90 Å². The Balaban J connectivity index is 1.51. The van der Waals surface area contributed by atoms with Crippen molar-refractivity contribution in [1.29, 1.82) is 0 Å². The van der Waals surface area contributed by atoms with Crippen molar-refractivity contribution in [2.75, 3.05) is 13.1 Å². The van der Waals surface area contributed by atoms with Gasteiger partial charge in [-0.1, -0.05) is 53.8 Å². The zero-order valence-corrected chi connectivity index (χ0v) is 17.6. The van der Waals surface area contributed by atoms with Gasteiger partial charge >= 0.3 is 0 Å². The molecule has 0 saturated carbocycles. The molecule has 2 nitrogen and oxygen atoms in total. The molecule has 0 aliphatic carbocycles. The molecule has 0 fully saturated rings. The number of nitrogens with zero attached hydrogens (tertiary/aromatic N) is 1. The minimum Gasteiger partial charge on any atom is -0.338 e. The number of rotatable bonds is 2. The maximum absolute atomic E-state index is 13.5. The molecule has 3 aromatic carbocycles. The Labute approximate surface area is 183 Å². The van der Waals surface area contributed by atoms with Crippen LogP contribution < -0.4 is 0 Å². The van der Waals surface area contributed by atoms with E-state index in [2.05, 4.69) is 30.9 Å². The Hall–Kier alpha value is -3.64. The average molecular weight is 410 g/mol. The summed E-state index contributed by atoms with van der Waals surface area (Å²) in [6.45, 7) is 3.38. The van der Waals surface area contributed by atoms with Crippen LogP contribution in [0.4, 0.5) is 4.39 Å². The number of carbonyl (C=O) groups is 1. The standard InChI is InChI=1S/C28H24FNO/c1-21-15-17-30(28(31)25-11-6-12-26(29)20-25)18-16-27(21)24-10-5-9-23(19-24)14-13-22-7-3-2-4-8-22/h2-12,19-20H,15-18H2,1H3. The number of hydrogen-bond acceptors (Lipinski definition) is 1. The van der Waals surface area contributed by atoms with Gasteiger partial charge in [0.15, 0.2) is 0 Å². The molecule has 0 N–H and O–H groups in total. The highest BCUT2D eigenvalue weighted by molar-refractivity contribution is 5.94. The molecular weight excluding hydrogens is 385 g/mol. The van der Waals surface area contributed by atoms with E-state index in [0.29, 0.717) is 18.7 Å². The van der Waals surface area contributed by atoms with Crippen LogP contribution in [0.25, 0.3) is 5.57 Å². The molecule has 1 aliphatic heterocycles. The lowest BCUT2D eigenvalue weighted by atomic mass is 9.95. The van der Waals surface area contributed by atoms with E-state index in [1.165, 1.54) is 23.3 Å². The Morgan fingerprint density at radius 1 is 0.839 bits per heavy atom. The van der Waals surface area contributed by atoms with E-state index in [1.54, 1.807) is 12.1 Å². The predicted molar refractivity (Wildman–Crippen MR) is 123 cm³/mol. The fourth-order valence-corrected chi connectivity index (χ4v) is 3.87. The molecule has 0 atom stereocenters. The second-order valence-electron chi connectivity index (χ2n) is 7.76. The van der Waals surface area contributed by atoms with Crippen molar-refractivity contribution in [2.45, 2.75) is 19.8 Å². The lowest BCUT2D eigenvalue weighted by Crippen LogP contribution is -2.32. The third kappa shape index (κ3) is 5.10. The van der Waals surface area contributed by atoms with Crippen LogP contribution in [0.3, 0.4) is 0 Å². The van der Waals surface area contributed by atoms with Crippen LogP contribution in [-0.4, -0.2) is 23.9 Å². The highest BCUT2D eigenvalue weighted by Crippen LogP contribution is 2.28. The van der Waals surface area contributed by atoms with Crippen molar-refractivity contribution in [3.05, 3.63) is 113 Å². The summed E-state index contributed by atoms with van der Waals surface area (Å²) in [7, 11) is 0. The molecule has 3 aromatic rings. The molecule has 4 rings (SSSR count). The van der Waals surface area contributed by atoms with Crippen molar-refractivity contribution in [3.8, 4) is 11.8 Å². The summed E-state index contributed by atoms with van der Waals surface area (Å²) in [5.74, 6) is 5.96. The zero-order valence-electron chi connectivity index (χ0n) is 17.6. The molecule has 0 saturated heterocycles. The Bertz CT molecular complexity index is 1180. The number of amides is 1. The minimum absolute atomic E-state index is 0.115. The molecule has 0 unspecified atom stereocenters. The van der Waals surface area contributed by atoms with Crippen molar-refractivity contribution in [2.24, 2.45) is 0 Å². The molecule has 0 radical (unpaired) electrons. The van der Waals surface area contributed by atoms with Crippen LogP contribution in [0.1, 0.15) is 46.8 Å². The van der Waals surface area contributed by atoms with Crippen LogP contribution in [0.15, 0.2) is 84.4 Å². The maximum atomic E-state index is 13.5. The van der Waals surface area contributed by atoms with Gasteiger partial charge in [-0.05, 0) is 73.4 Å². The number of halogens is 1. The summed E-state index contributed by atoms with van der Waals surface area (Å²) in [6.07, 6.45) is 1.57. The highest BCUT2D eigenvalue weighted by Gasteiger charge is 2.21. The van der Waals surface area contributed by atoms with Crippen LogP contribution in [0, 0.1) is 17.7 Å². The van der Waals surface area contributed by atoms with Gasteiger partial charge in [0.25, 0.3) is 5.91 Å². The second kappa shape index (κ2) is 9.45. The fraction of sp³-hybridized carbons (Fsp3) is 0.179. The summed E-state index contributed by atoms with van der Waals surface area (Å²) in [4.78, 5) is 14.7. The third-order valence-electron chi connectivity index (χ3n) is 5.60. The van der Waals surface area contributed by atoms with Gasteiger partial charge in [-0.15, -0.1) is 0 Å². The van der Waals surface area contributed by atoms with E-state index in [1.807, 2.05) is 47.4 Å². The topological polar surface area (TPSA) is 20.3 Å². The van der Waals surface area contributed by atoms with E-state index in [-0.39, 0.29) is 11.7 Å². The fourth-order valence-electron chi connectivity index (χ4n) is 3.87. The van der Waals surface area contributed by atoms with Gasteiger partial charge in [0.2, 0.25) is 0 Å². The van der Waals surface area contributed by atoms with Crippen molar-refractivity contribution < 1.29 is 9.18 Å². The molecule has 3 heteroatoms. The van der Waals surface area contributed by atoms with Gasteiger partial charge in [0.1, 0.15) is 5.82 Å². The summed E-state index contributed by atoms with van der Waals surface area (Å²) in [5, 5.41) is 0. The highest BCUT2D eigenvalue weighted by atomic mass is 19.1. The van der Waals surface area contributed by atoms with E-state index >= 15 is 0 Å². The van der Waals surface area contributed by atoms with Crippen LogP contribution in [0.5, 0.6) is 0 Å². The largest absolute Gasteiger partial charge is 0.338 e. The SMILES string of the molecule is CC1=C(c2cccc(C#Cc3ccccc3)c2)CCN(C(=O)c2cccc(F)c2)CC1. The summed E-state index contributed by atoms with van der Waals surface area (Å²) in [6, 6.07) is 24.2. The van der Waals surface area contributed by atoms with Gasteiger partial charge in [0.05, 0.1) is 0 Å². The van der Waals surface area contributed by atoms with Crippen molar-refractivity contribution in [1.82, 2.24) is 4.90 Å². The Morgan fingerprint density at radius 2 is 1.55 bits per heavy atom. The predicted octanol–water partition coefficient (Wildman–Crippen LogP) is 5.94. The first-order chi connectivity index (χ1) is 15.1. The second-order valence-corrected chi connectivity index (χ2v) is 7.76. The lowest BCUT2D eigenvalue weighted by molar-refractivity contribution is 0.0763. The van der Waals surface area contributed by atoms with Crippen molar-refractivity contribution >= 4 is 11.5 Å². The zero-order chi connectivity index (χ0) is 21.6. The molecule has 31 heavy (non-hydrogen) atoms. The van der Waals surface area contributed by atoms with Gasteiger partial charge in [-0.3, -0.25) is 4.79 Å². The quantitative estimate of drug-likeness (QED) is 0.480. The minimum atomic E-state index is -0.385. The summed E-state index contributed by atoms with van der Waals surface area (Å²) in [5.41, 5.74) is 6.06. The third-order valence-corrected chi connectivity index (χ3v) is 5.60. The number of hydrogen-bond donors (Lipinski definition) is 0. The lowest BCUT2D eigenvalue weighted by Gasteiger charge is -2.20. The van der Waals surface area contributed by atoms with E-state index in [0.717, 1.165) is 29.5 Å². The van der Waals surface area contributed by atoms with E-state index < -0.39 is 0 Å². The van der Waals surface area contributed by atoms with Crippen LogP contribution in [0.2, 0.25) is 0 Å². The van der Waals surface area contributed by atoms with Gasteiger partial charge in [-0.25, -0.2) is 4.39 Å². The van der Waals surface area contributed by atoms with Gasteiger partial charge in [-0.2, -0.15) is 0 Å². The molecule has 154 valence electrons. The number of carbonyl (C=O) groups excluding carboxylic acids is 1. The van der Waals surface area contributed by atoms with Crippen molar-refractivity contribution in [3.63, 3.8) is 0 Å². The molecule has 0 aromatic heterocycles.